The molecule has 6 heteroatoms. The van der Waals surface area contributed by atoms with Gasteiger partial charge in [0.1, 0.15) is 0 Å². The van der Waals surface area contributed by atoms with Crippen LogP contribution in [-0.2, 0) is 0 Å². The highest BCUT2D eigenvalue weighted by molar-refractivity contribution is 4.57. The van der Waals surface area contributed by atoms with E-state index in [4.69, 9.17) is 5.11 Å². The molecule has 0 aromatic heterocycles. The Morgan fingerprint density at radius 2 is 2.30 bits per heavy atom. The minimum Gasteiger partial charge on any atom is -0.724 e. The molecule has 0 spiro atoms. The van der Waals surface area contributed by atoms with E-state index >= 15 is 0 Å². The molecule has 0 aliphatic heterocycles. The summed E-state index contributed by atoms with van der Waals surface area (Å²) in [6.07, 6.45) is 0. The van der Waals surface area contributed by atoms with Gasteiger partial charge < -0.3 is 10.3 Å². The first kappa shape index (κ1) is 9.28. The van der Waals surface area contributed by atoms with Crippen LogP contribution in [0.1, 0.15) is 6.92 Å². The molecule has 6 nitrogen and oxygen atoms in total. The average molecular weight is 148 g/mol. The quantitative estimate of drug-likeness (QED) is 0.437. The lowest BCUT2D eigenvalue weighted by molar-refractivity contribution is -0.00751. The molecule has 0 rings (SSSR count). The lowest BCUT2D eigenvalue weighted by Crippen LogP contribution is -2.40. The summed E-state index contributed by atoms with van der Waals surface area (Å²) in [4.78, 5) is 9.61. The van der Waals surface area contributed by atoms with Gasteiger partial charge in [0.15, 0.2) is 0 Å². The van der Waals surface area contributed by atoms with E-state index in [1.807, 2.05) is 0 Å². The van der Waals surface area contributed by atoms with E-state index in [-0.39, 0.29) is 11.9 Å². The van der Waals surface area contributed by atoms with Crippen molar-refractivity contribution in [3.8, 4) is 0 Å². The molecule has 0 saturated carbocycles. The highest BCUT2D eigenvalue weighted by atomic mass is 16.6. The van der Waals surface area contributed by atoms with E-state index in [2.05, 4.69) is 5.29 Å². The Morgan fingerprint density at radius 3 is 2.60 bits per heavy atom. The third-order valence-electron chi connectivity index (χ3n) is 1.24. The highest BCUT2D eigenvalue weighted by Crippen LogP contribution is 1.98. The van der Waals surface area contributed by atoms with Gasteiger partial charge in [-0.15, -0.1) is 4.91 Å². The van der Waals surface area contributed by atoms with Crippen LogP contribution in [0.3, 0.4) is 0 Å². The van der Waals surface area contributed by atoms with Crippen LogP contribution >= 0.6 is 0 Å². The molecule has 0 bridgehead atoms. The molecule has 1 atom stereocenters. The maximum atomic E-state index is 10.4. The monoisotopic (exact) mass is 148 g/mol. The van der Waals surface area contributed by atoms with Crippen LogP contribution in [-0.4, -0.2) is 35.1 Å². The van der Waals surface area contributed by atoms with E-state index < -0.39 is 6.04 Å². The number of hydrogen-bond acceptors (Lipinski definition) is 5. The van der Waals surface area contributed by atoms with Crippen LogP contribution in [0.25, 0.3) is 0 Å². The molecule has 10 heavy (non-hydrogen) atoms. The van der Waals surface area contributed by atoms with Crippen molar-refractivity contribution in [2.24, 2.45) is 5.29 Å². The Bertz CT molecular complexity index is 110. The number of likely N-dealkylation sites (N-methyl/N-ethyl adjacent to an activating group) is 1. The molecular weight excluding hydrogens is 138 g/mol. The van der Waals surface area contributed by atoms with Crippen LogP contribution in [0.5, 0.6) is 0 Å². The lowest BCUT2D eigenvalue weighted by atomic mass is 10.4. The zero-order valence-electron chi connectivity index (χ0n) is 5.89. The molecule has 0 fully saturated rings. The molecule has 0 aliphatic carbocycles. The lowest BCUT2D eigenvalue weighted by Gasteiger charge is -2.34. The fourth-order valence-electron chi connectivity index (χ4n) is 0.344. The first-order valence-electron chi connectivity index (χ1n) is 2.77. The fourth-order valence-corrected chi connectivity index (χ4v) is 0.344. The highest BCUT2D eigenvalue weighted by Gasteiger charge is 2.07. The van der Waals surface area contributed by atoms with Crippen LogP contribution < -0.4 is 0 Å². The molecule has 0 amide bonds. The van der Waals surface area contributed by atoms with Crippen LogP contribution in [0.15, 0.2) is 5.29 Å². The zero-order chi connectivity index (χ0) is 8.15. The Balaban J connectivity index is 3.80. The Morgan fingerprint density at radius 1 is 1.80 bits per heavy atom. The smallest absolute Gasteiger partial charge is 0.0602 e. The minimum absolute atomic E-state index is 0.110. The normalized spacial score (nSPS) is 13.3. The molecule has 0 heterocycles. The molecule has 0 aromatic carbocycles. The Labute approximate surface area is 58.5 Å². The Kier molecular flexibility index (Phi) is 3.85. The predicted molar refractivity (Wildman–Crippen MR) is 35.3 cm³/mol. The van der Waals surface area contributed by atoms with Gasteiger partial charge in [-0.3, -0.25) is 5.28 Å². The van der Waals surface area contributed by atoms with E-state index in [9.17, 15) is 10.1 Å². The largest absolute Gasteiger partial charge is 0.724 e. The van der Waals surface area contributed by atoms with Crippen LogP contribution in [0, 0.1) is 10.1 Å². The predicted octanol–water partition coefficient (Wildman–Crippen LogP) is -0.305. The standard InChI is InChI=1S/C4H10N3O3/c1-4(3-8)6(2)7(10)5-9/h4,8H,3H2,1-2H3/q-1. The van der Waals surface area contributed by atoms with Crippen molar-refractivity contribution in [3.05, 3.63) is 10.1 Å². The number of nitrogens with zero attached hydrogens (tertiary/aromatic N) is 3. The van der Waals surface area contributed by atoms with Gasteiger partial charge in [-0.05, 0) is 6.92 Å². The van der Waals surface area contributed by atoms with Gasteiger partial charge in [0.2, 0.25) is 0 Å². The number of rotatable bonds is 4. The van der Waals surface area contributed by atoms with Gasteiger partial charge in [-0.1, -0.05) is 0 Å². The molecule has 0 radical (unpaired) electrons. The van der Waals surface area contributed by atoms with E-state index in [1.165, 1.54) is 7.05 Å². The number of hydrogen-bond donors (Lipinski definition) is 1. The van der Waals surface area contributed by atoms with Gasteiger partial charge >= 0.3 is 0 Å². The van der Waals surface area contributed by atoms with Crippen molar-refractivity contribution in [1.29, 1.82) is 0 Å². The van der Waals surface area contributed by atoms with E-state index in [1.54, 1.807) is 6.92 Å². The van der Waals surface area contributed by atoms with Crippen molar-refractivity contribution in [2.45, 2.75) is 13.0 Å². The zero-order valence-corrected chi connectivity index (χ0v) is 5.89. The first-order valence-corrected chi connectivity index (χ1v) is 2.77. The van der Waals surface area contributed by atoms with Gasteiger partial charge in [-0.2, -0.15) is 0 Å². The summed E-state index contributed by atoms with van der Waals surface area (Å²) in [5, 5.41) is 21.8. The van der Waals surface area contributed by atoms with Crippen LogP contribution in [0.4, 0.5) is 0 Å². The molecule has 0 aliphatic rings. The minimum atomic E-state index is -0.393. The van der Waals surface area contributed by atoms with Crippen molar-refractivity contribution >= 4 is 0 Å². The summed E-state index contributed by atoms with van der Waals surface area (Å²) in [6.45, 7) is 1.40. The number of aliphatic hydroxyl groups is 1. The summed E-state index contributed by atoms with van der Waals surface area (Å²) >= 11 is 0. The van der Waals surface area contributed by atoms with E-state index in [0.29, 0.717) is 0 Å². The number of aliphatic hydroxyl groups excluding tert-OH is 1. The molecular formula is C4H10N3O3-. The summed E-state index contributed by atoms with van der Waals surface area (Å²) < 4.78 is 0. The topological polar surface area (TPSA) is 79.2 Å². The van der Waals surface area contributed by atoms with Crippen molar-refractivity contribution in [2.75, 3.05) is 13.7 Å². The Hall–Kier alpha value is -0.720. The summed E-state index contributed by atoms with van der Waals surface area (Å²) in [5.74, 6) is 0. The third-order valence-corrected chi connectivity index (χ3v) is 1.24. The van der Waals surface area contributed by atoms with Crippen LogP contribution in [0.2, 0.25) is 0 Å². The second-order valence-electron chi connectivity index (χ2n) is 1.94. The fraction of sp³-hybridized carbons (Fsp3) is 1.00. The second kappa shape index (κ2) is 4.15. The summed E-state index contributed by atoms with van der Waals surface area (Å²) in [5.41, 5.74) is 0. The maximum Gasteiger partial charge on any atom is 0.0602 e. The first-order chi connectivity index (χ1) is 4.63. The number of hydrazine groups is 1. The van der Waals surface area contributed by atoms with Gasteiger partial charge in [0, 0.05) is 7.05 Å². The van der Waals surface area contributed by atoms with Gasteiger partial charge in [0.05, 0.1) is 17.9 Å². The molecule has 1 N–H and O–H groups in total. The van der Waals surface area contributed by atoms with Crippen molar-refractivity contribution in [1.82, 2.24) is 10.3 Å². The molecule has 0 aromatic rings. The SMILES string of the molecule is CC(CO)N(C)N([O-])N=O. The van der Waals surface area contributed by atoms with Gasteiger partial charge in [0.25, 0.3) is 0 Å². The summed E-state index contributed by atoms with van der Waals surface area (Å²) in [6, 6.07) is -0.393. The van der Waals surface area contributed by atoms with Crippen molar-refractivity contribution in [3.63, 3.8) is 0 Å². The second-order valence-corrected chi connectivity index (χ2v) is 1.94. The molecule has 1 unspecified atom stereocenters. The number of nitroso groups, excluding NO2 is 1. The van der Waals surface area contributed by atoms with E-state index in [0.717, 1.165) is 5.01 Å². The van der Waals surface area contributed by atoms with Crippen molar-refractivity contribution < 1.29 is 5.11 Å². The average Bonchev–Trinajstić information content (AvgIpc) is 2.00. The maximum absolute atomic E-state index is 10.4. The summed E-state index contributed by atoms with van der Waals surface area (Å²) in [7, 11) is 1.37. The van der Waals surface area contributed by atoms with Gasteiger partial charge in [-0.25, -0.2) is 5.01 Å². The molecule has 0 saturated heterocycles. The molecule has 60 valence electrons. The third kappa shape index (κ3) is 2.26.